The molecule has 15 heavy (non-hydrogen) atoms. The quantitative estimate of drug-likeness (QED) is 0.746. The van der Waals surface area contributed by atoms with E-state index in [2.05, 4.69) is 0 Å². The Balaban J connectivity index is 2.86. The van der Waals surface area contributed by atoms with Crippen LogP contribution in [0.5, 0.6) is 0 Å². The van der Waals surface area contributed by atoms with Gasteiger partial charge in [-0.2, -0.15) is 0 Å². The Morgan fingerprint density at radius 2 is 2.27 bits per heavy atom. The summed E-state index contributed by atoms with van der Waals surface area (Å²) in [5.41, 5.74) is 0.653. The second kappa shape index (κ2) is 5.12. The first-order valence-electron chi connectivity index (χ1n) is 4.67. The lowest BCUT2D eigenvalue weighted by atomic mass is 10.0. The number of benzene rings is 1. The first-order chi connectivity index (χ1) is 7.06. The smallest absolute Gasteiger partial charge is 0.313 e. The summed E-state index contributed by atoms with van der Waals surface area (Å²) < 4.78 is 17.7. The van der Waals surface area contributed by atoms with Gasteiger partial charge in [-0.15, -0.1) is 0 Å². The summed E-state index contributed by atoms with van der Waals surface area (Å²) in [5, 5.41) is 0.0173. The molecule has 0 aliphatic rings. The number of halogens is 2. The maximum atomic E-state index is 12.9. The van der Waals surface area contributed by atoms with Gasteiger partial charge in [-0.1, -0.05) is 17.7 Å². The summed E-state index contributed by atoms with van der Waals surface area (Å²) in [4.78, 5) is 11.4. The molecule has 0 amide bonds. The van der Waals surface area contributed by atoms with Crippen LogP contribution in [0, 0.1) is 5.82 Å². The second-order valence-electron chi connectivity index (χ2n) is 3.15. The van der Waals surface area contributed by atoms with Crippen LogP contribution in [0.3, 0.4) is 0 Å². The second-order valence-corrected chi connectivity index (χ2v) is 3.55. The Bertz CT molecular complexity index is 366. The molecule has 0 spiro atoms. The zero-order valence-corrected chi connectivity index (χ0v) is 9.34. The molecular weight excluding hydrogens is 219 g/mol. The predicted molar refractivity (Wildman–Crippen MR) is 56.5 cm³/mol. The van der Waals surface area contributed by atoms with E-state index in [4.69, 9.17) is 16.3 Å². The minimum Gasteiger partial charge on any atom is -0.466 e. The average molecular weight is 231 g/mol. The average Bonchev–Trinajstić information content (AvgIpc) is 2.21. The van der Waals surface area contributed by atoms with Gasteiger partial charge in [-0.05, 0) is 31.5 Å². The van der Waals surface area contributed by atoms with Crippen LogP contribution in [0.2, 0.25) is 5.02 Å². The molecule has 2 nitrogen and oxygen atoms in total. The number of ether oxygens (including phenoxy) is 1. The number of carbonyl (C=O) groups excluding carboxylic acids is 1. The number of carbonyl (C=O) groups is 1. The van der Waals surface area contributed by atoms with E-state index in [0.29, 0.717) is 12.2 Å². The first-order valence-corrected chi connectivity index (χ1v) is 5.05. The summed E-state index contributed by atoms with van der Waals surface area (Å²) >= 11 is 5.61. The molecule has 0 bridgehead atoms. The lowest BCUT2D eigenvalue weighted by molar-refractivity contribution is -0.144. The summed E-state index contributed by atoms with van der Waals surface area (Å²) in [5.74, 6) is -1.25. The molecule has 4 heteroatoms. The minimum absolute atomic E-state index is 0.0173. The van der Waals surface area contributed by atoms with Crippen molar-refractivity contribution >= 4 is 17.6 Å². The molecule has 0 aromatic heterocycles. The van der Waals surface area contributed by atoms with Gasteiger partial charge in [0.1, 0.15) is 5.82 Å². The number of hydrogen-bond donors (Lipinski definition) is 0. The Hall–Kier alpha value is -1.09. The van der Waals surface area contributed by atoms with Crippen LogP contribution in [0.25, 0.3) is 0 Å². The largest absolute Gasteiger partial charge is 0.466 e. The summed E-state index contributed by atoms with van der Waals surface area (Å²) in [6.45, 7) is 3.77. The molecule has 1 unspecified atom stereocenters. The maximum Gasteiger partial charge on any atom is 0.313 e. The van der Waals surface area contributed by atoms with Crippen LogP contribution in [-0.2, 0) is 9.53 Å². The SMILES string of the molecule is CCOC(=O)C(C)c1ccc(F)c(Cl)c1. The first kappa shape index (κ1) is 12.0. The van der Waals surface area contributed by atoms with E-state index in [1.807, 2.05) is 0 Å². The van der Waals surface area contributed by atoms with Crippen molar-refractivity contribution in [3.05, 3.63) is 34.6 Å². The van der Waals surface area contributed by atoms with Gasteiger partial charge >= 0.3 is 5.97 Å². The van der Waals surface area contributed by atoms with Crippen LogP contribution in [0.4, 0.5) is 4.39 Å². The highest BCUT2D eigenvalue weighted by atomic mass is 35.5. The van der Waals surface area contributed by atoms with E-state index < -0.39 is 11.7 Å². The van der Waals surface area contributed by atoms with E-state index in [-0.39, 0.29) is 11.0 Å². The van der Waals surface area contributed by atoms with Crippen LogP contribution >= 0.6 is 11.6 Å². The van der Waals surface area contributed by atoms with Crippen molar-refractivity contribution < 1.29 is 13.9 Å². The number of esters is 1. The molecule has 0 aliphatic heterocycles. The molecule has 1 rings (SSSR count). The maximum absolute atomic E-state index is 12.9. The molecular formula is C11H12ClFO2. The zero-order chi connectivity index (χ0) is 11.4. The minimum atomic E-state index is -0.489. The van der Waals surface area contributed by atoms with Crippen molar-refractivity contribution in [2.24, 2.45) is 0 Å². The van der Waals surface area contributed by atoms with Crippen LogP contribution in [-0.4, -0.2) is 12.6 Å². The normalized spacial score (nSPS) is 12.3. The van der Waals surface area contributed by atoms with Gasteiger partial charge in [0.2, 0.25) is 0 Å². The van der Waals surface area contributed by atoms with Gasteiger partial charge in [-0.25, -0.2) is 4.39 Å². The van der Waals surface area contributed by atoms with Gasteiger partial charge in [0.05, 0.1) is 17.5 Å². The summed E-state index contributed by atoms with van der Waals surface area (Å²) in [6.07, 6.45) is 0. The van der Waals surface area contributed by atoms with Crippen molar-refractivity contribution in [2.45, 2.75) is 19.8 Å². The van der Waals surface area contributed by atoms with Crippen LogP contribution in [0.15, 0.2) is 18.2 Å². The van der Waals surface area contributed by atoms with E-state index in [0.717, 1.165) is 0 Å². The third-order valence-corrected chi connectivity index (χ3v) is 2.37. The fraction of sp³-hybridized carbons (Fsp3) is 0.364. The fourth-order valence-corrected chi connectivity index (χ4v) is 1.37. The molecule has 0 radical (unpaired) electrons. The van der Waals surface area contributed by atoms with Crippen molar-refractivity contribution in [3.63, 3.8) is 0 Å². The number of rotatable bonds is 3. The Morgan fingerprint density at radius 3 is 2.80 bits per heavy atom. The highest BCUT2D eigenvalue weighted by Gasteiger charge is 2.17. The lowest BCUT2D eigenvalue weighted by Gasteiger charge is -2.10. The van der Waals surface area contributed by atoms with Crippen LogP contribution < -0.4 is 0 Å². The van der Waals surface area contributed by atoms with Gasteiger partial charge in [0.15, 0.2) is 0 Å². The third kappa shape index (κ3) is 2.93. The molecule has 0 saturated heterocycles. The molecule has 1 aromatic rings. The molecule has 0 fully saturated rings. The summed E-state index contributed by atoms with van der Waals surface area (Å²) in [7, 11) is 0. The predicted octanol–water partition coefficient (Wildman–Crippen LogP) is 3.15. The monoisotopic (exact) mass is 230 g/mol. The Labute approximate surface area is 93.0 Å². The van der Waals surface area contributed by atoms with Crippen molar-refractivity contribution in [1.29, 1.82) is 0 Å². The zero-order valence-electron chi connectivity index (χ0n) is 8.59. The highest BCUT2D eigenvalue weighted by Crippen LogP contribution is 2.22. The van der Waals surface area contributed by atoms with Crippen LogP contribution in [0.1, 0.15) is 25.3 Å². The molecule has 0 heterocycles. The van der Waals surface area contributed by atoms with E-state index in [1.165, 1.54) is 18.2 Å². The van der Waals surface area contributed by atoms with Crippen molar-refractivity contribution in [3.8, 4) is 0 Å². The fourth-order valence-electron chi connectivity index (χ4n) is 1.19. The van der Waals surface area contributed by atoms with Crippen molar-refractivity contribution in [2.75, 3.05) is 6.61 Å². The van der Waals surface area contributed by atoms with Gasteiger partial charge in [0.25, 0.3) is 0 Å². The van der Waals surface area contributed by atoms with Gasteiger partial charge < -0.3 is 4.74 Å². The van der Waals surface area contributed by atoms with E-state index in [1.54, 1.807) is 13.8 Å². The topological polar surface area (TPSA) is 26.3 Å². The van der Waals surface area contributed by atoms with Gasteiger partial charge in [-0.3, -0.25) is 4.79 Å². The molecule has 0 aliphatic carbocycles. The van der Waals surface area contributed by atoms with E-state index in [9.17, 15) is 9.18 Å². The molecule has 82 valence electrons. The Kier molecular flexibility index (Phi) is 4.09. The summed E-state index contributed by atoms with van der Waals surface area (Å²) in [6, 6.07) is 4.22. The third-order valence-electron chi connectivity index (χ3n) is 2.08. The standard InChI is InChI=1S/C11H12ClFO2/c1-3-15-11(14)7(2)8-4-5-10(13)9(12)6-8/h4-7H,3H2,1-2H3. The molecule has 0 N–H and O–H groups in total. The van der Waals surface area contributed by atoms with E-state index >= 15 is 0 Å². The Morgan fingerprint density at radius 1 is 1.60 bits per heavy atom. The molecule has 0 saturated carbocycles. The molecule has 1 aromatic carbocycles. The van der Waals surface area contributed by atoms with Crippen molar-refractivity contribution in [1.82, 2.24) is 0 Å². The lowest BCUT2D eigenvalue weighted by Crippen LogP contribution is -2.13. The number of hydrogen-bond acceptors (Lipinski definition) is 2. The van der Waals surface area contributed by atoms with Gasteiger partial charge in [0, 0.05) is 0 Å². The molecule has 1 atom stereocenters. The highest BCUT2D eigenvalue weighted by molar-refractivity contribution is 6.30.